The molecular weight excluding hydrogens is 362 g/mol. The molecule has 3 unspecified atom stereocenters. The van der Waals surface area contributed by atoms with Gasteiger partial charge in [0.05, 0.1) is 25.9 Å². The van der Waals surface area contributed by atoms with E-state index in [1.807, 2.05) is 0 Å². The van der Waals surface area contributed by atoms with Crippen LogP contribution in [0.15, 0.2) is 48.5 Å². The van der Waals surface area contributed by atoms with Gasteiger partial charge in [-0.25, -0.2) is 0 Å². The lowest BCUT2D eigenvalue weighted by molar-refractivity contribution is -0.138. The predicted molar refractivity (Wildman–Crippen MR) is 115 cm³/mol. The fraction of sp³-hybridized carbons (Fsp3) is 0.520. The third-order valence-corrected chi connectivity index (χ3v) is 6.23. The molecule has 0 bridgehead atoms. The number of nitrogens with zero attached hydrogens (tertiary/aromatic N) is 1. The summed E-state index contributed by atoms with van der Waals surface area (Å²) in [7, 11) is 0. The molecule has 1 fully saturated rings. The van der Waals surface area contributed by atoms with Gasteiger partial charge in [-0.1, -0.05) is 50.2 Å². The zero-order chi connectivity index (χ0) is 20.1. The van der Waals surface area contributed by atoms with E-state index in [9.17, 15) is 0 Å². The van der Waals surface area contributed by atoms with Crippen LogP contribution in [0.3, 0.4) is 0 Å². The summed E-state index contributed by atoms with van der Waals surface area (Å²) in [5.41, 5.74) is 4.07. The quantitative estimate of drug-likeness (QED) is 0.592. The molecule has 1 heterocycles. The van der Waals surface area contributed by atoms with Crippen LogP contribution < -0.4 is 4.74 Å². The fourth-order valence-electron chi connectivity index (χ4n) is 4.21. The van der Waals surface area contributed by atoms with Crippen LogP contribution in [0.5, 0.6) is 5.75 Å². The number of hydrogen-bond donors (Lipinski definition) is 0. The number of benzene rings is 2. The number of rotatable bonds is 8. The number of hydrogen-bond acceptors (Lipinski definition) is 4. The minimum absolute atomic E-state index is 0.108. The van der Waals surface area contributed by atoms with Crippen LogP contribution in [-0.2, 0) is 15.9 Å². The Kier molecular flexibility index (Phi) is 6.86. The molecule has 1 aliphatic heterocycles. The van der Waals surface area contributed by atoms with Crippen molar-refractivity contribution in [2.45, 2.75) is 51.4 Å². The maximum atomic E-state index is 6.54. The van der Waals surface area contributed by atoms with Crippen molar-refractivity contribution in [3.05, 3.63) is 65.2 Å². The van der Waals surface area contributed by atoms with Gasteiger partial charge in [0.15, 0.2) is 0 Å². The molecular formula is C25H33NO3. The number of morpholine rings is 1. The van der Waals surface area contributed by atoms with Crippen molar-refractivity contribution in [1.29, 1.82) is 0 Å². The normalized spacial score (nSPS) is 21.5. The molecule has 3 atom stereocenters. The second-order valence-corrected chi connectivity index (χ2v) is 8.20. The van der Waals surface area contributed by atoms with Crippen LogP contribution in [-0.4, -0.2) is 44.0 Å². The highest BCUT2D eigenvalue weighted by Gasteiger charge is 2.28. The molecule has 4 heteroatoms. The lowest BCUT2D eigenvalue weighted by Gasteiger charge is -2.32. The van der Waals surface area contributed by atoms with Crippen LogP contribution in [0.2, 0.25) is 0 Å². The van der Waals surface area contributed by atoms with E-state index in [-0.39, 0.29) is 12.4 Å². The summed E-state index contributed by atoms with van der Waals surface area (Å²) in [6.45, 7) is 8.66. The van der Waals surface area contributed by atoms with Crippen molar-refractivity contribution in [2.75, 3.05) is 32.8 Å². The standard InChI is InChI=1S/C25H33NO3/c1-3-19(2)20-8-11-22(12-9-20)28-25(18-26-14-16-27-17-15-26)29-24-13-10-21-6-4-5-7-23(21)24/h4-9,11-12,19,24-25H,3,10,13-18H2,1-2H3. The minimum Gasteiger partial charge on any atom is -0.464 e. The second kappa shape index (κ2) is 9.75. The van der Waals surface area contributed by atoms with Gasteiger partial charge in [-0.3, -0.25) is 4.90 Å². The molecule has 0 spiro atoms. The Morgan fingerprint density at radius 1 is 1.07 bits per heavy atom. The Balaban J connectivity index is 1.46. The first-order chi connectivity index (χ1) is 14.2. The lowest BCUT2D eigenvalue weighted by atomic mass is 9.99. The van der Waals surface area contributed by atoms with Gasteiger partial charge in [0.1, 0.15) is 5.75 Å². The van der Waals surface area contributed by atoms with Gasteiger partial charge >= 0.3 is 0 Å². The van der Waals surface area contributed by atoms with Gasteiger partial charge in [0.2, 0.25) is 6.29 Å². The Morgan fingerprint density at radius 2 is 1.83 bits per heavy atom. The maximum Gasteiger partial charge on any atom is 0.213 e. The molecule has 2 aliphatic rings. The first-order valence-corrected chi connectivity index (χ1v) is 11.0. The summed E-state index contributed by atoms with van der Waals surface area (Å²) >= 11 is 0. The van der Waals surface area contributed by atoms with E-state index in [1.165, 1.54) is 16.7 Å². The van der Waals surface area contributed by atoms with E-state index < -0.39 is 0 Å². The molecule has 0 amide bonds. The second-order valence-electron chi connectivity index (χ2n) is 8.20. The zero-order valence-corrected chi connectivity index (χ0v) is 17.7. The van der Waals surface area contributed by atoms with Crippen molar-refractivity contribution >= 4 is 0 Å². The van der Waals surface area contributed by atoms with Crippen LogP contribution in [0, 0.1) is 0 Å². The summed E-state index contributed by atoms with van der Waals surface area (Å²) in [6.07, 6.45) is 3.06. The van der Waals surface area contributed by atoms with E-state index in [4.69, 9.17) is 14.2 Å². The average Bonchev–Trinajstić information content (AvgIpc) is 3.17. The van der Waals surface area contributed by atoms with Crippen molar-refractivity contribution < 1.29 is 14.2 Å². The Morgan fingerprint density at radius 3 is 2.59 bits per heavy atom. The number of aryl methyl sites for hydroxylation is 1. The highest BCUT2D eigenvalue weighted by molar-refractivity contribution is 5.33. The van der Waals surface area contributed by atoms with E-state index in [0.717, 1.165) is 57.9 Å². The molecule has 0 aromatic heterocycles. The molecule has 2 aromatic carbocycles. The fourth-order valence-corrected chi connectivity index (χ4v) is 4.21. The first kappa shape index (κ1) is 20.4. The Hall–Kier alpha value is -1.88. The monoisotopic (exact) mass is 395 g/mol. The molecule has 156 valence electrons. The lowest BCUT2D eigenvalue weighted by Crippen LogP contribution is -2.43. The van der Waals surface area contributed by atoms with Gasteiger partial charge in [-0.2, -0.15) is 0 Å². The summed E-state index contributed by atoms with van der Waals surface area (Å²) in [5, 5.41) is 0. The smallest absolute Gasteiger partial charge is 0.213 e. The molecule has 0 N–H and O–H groups in total. The minimum atomic E-state index is -0.293. The summed E-state index contributed by atoms with van der Waals surface area (Å²) in [6, 6.07) is 17.2. The third-order valence-electron chi connectivity index (χ3n) is 6.23. The van der Waals surface area contributed by atoms with Gasteiger partial charge in [0, 0.05) is 13.1 Å². The molecule has 29 heavy (non-hydrogen) atoms. The summed E-state index contributed by atoms with van der Waals surface area (Å²) in [5.74, 6) is 1.45. The molecule has 4 nitrogen and oxygen atoms in total. The van der Waals surface area contributed by atoms with Gasteiger partial charge in [-0.05, 0) is 54.0 Å². The van der Waals surface area contributed by atoms with Crippen LogP contribution in [0.4, 0.5) is 0 Å². The maximum absolute atomic E-state index is 6.54. The SMILES string of the molecule is CCC(C)c1ccc(OC(CN2CCOCC2)OC2CCc3ccccc32)cc1. The summed E-state index contributed by atoms with van der Waals surface area (Å²) in [4.78, 5) is 2.38. The predicted octanol–water partition coefficient (Wildman–Crippen LogP) is 4.94. The molecule has 1 saturated heterocycles. The van der Waals surface area contributed by atoms with Crippen LogP contribution in [0.25, 0.3) is 0 Å². The Bertz CT molecular complexity index is 770. The Labute approximate surface area is 174 Å². The molecule has 1 aliphatic carbocycles. The van der Waals surface area contributed by atoms with Gasteiger partial charge in [-0.15, -0.1) is 0 Å². The molecule has 0 radical (unpaired) electrons. The number of fused-ring (bicyclic) bond motifs is 1. The molecule has 4 rings (SSSR count). The van der Waals surface area contributed by atoms with Crippen molar-refractivity contribution in [3.63, 3.8) is 0 Å². The highest BCUT2D eigenvalue weighted by atomic mass is 16.7. The summed E-state index contributed by atoms with van der Waals surface area (Å²) < 4.78 is 18.4. The molecule has 0 saturated carbocycles. The van der Waals surface area contributed by atoms with Gasteiger partial charge in [0.25, 0.3) is 0 Å². The topological polar surface area (TPSA) is 30.9 Å². The van der Waals surface area contributed by atoms with E-state index in [2.05, 4.69) is 67.3 Å². The third kappa shape index (κ3) is 5.19. The van der Waals surface area contributed by atoms with E-state index in [1.54, 1.807) is 0 Å². The largest absolute Gasteiger partial charge is 0.464 e. The highest BCUT2D eigenvalue weighted by Crippen LogP contribution is 2.35. The van der Waals surface area contributed by atoms with Gasteiger partial charge < -0.3 is 14.2 Å². The zero-order valence-electron chi connectivity index (χ0n) is 17.7. The van der Waals surface area contributed by atoms with Crippen molar-refractivity contribution in [3.8, 4) is 5.75 Å². The van der Waals surface area contributed by atoms with Crippen molar-refractivity contribution in [2.24, 2.45) is 0 Å². The number of ether oxygens (including phenoxy) is 3. The molecule has 2 aromatic rings. The van der Waals surface area contributed by atoms with E-state index >= 15 is 0 Å². The van der Waals surface area contributed by atoms with E-state index in [0.29, 0.717) is 5.92 Å². The first-order valence-electron chi connectivity index (χ1n) is 11.0. The van der Waals surface area contributed by atoms with Crippen LogP contribution >= 0.6 is 0 Å². The van der Waals surface area contributed by atoms with Crippen molar-refractivity contribution in [1.82, 2.24) is 4.90 Å². The van der Waals surface area contributed by atoms with Crippen LogP contribution in [0.1, 0.15) is 55.4 Å². The average molecular weight is 396 g/mol.